The predicted molar refractivity (Wildman–Crippen MR) is 123 cm³/mol. The van der Waals surface area contributed by atoms with Gasteiger partial charge in [0, 0.05) is 29.3 Å². The SMILES string of the molecule is N=C(N)Nc1ccc(C(=O)Nc2ccc(S(=O)(=O)C(CC(=O)O)c3cccnc3)cc2)cc1. The predicted octanol–water partition coefficient (Wildman–Crippen LogP) is 2.63. The van der Waals surface area contributed by atoms with Gasteiger partial charge in [-0.3, -0.25) is 20.0 Å². The van der Waals surface area contributed by atoms with Crippen molar-refractivity contribution in [2.24, 2.45) is 5.73 Å². The molecule has 0 saturated heterocycles. The number of hydrogen-bond donors (Lipinski definition) is 5. The van der Waals surface area contributed by atoms with E-state index < -0.39 is 33.4 Å². The Bertz CT molecular complexity index is 1260. The lowest BCUT2D eigenvalue weighted by Gasteiger charge is -2.16. The van der Waals surface area contributed by atoms with Gasteiger partial charge in [-0.05, 0) is 60.2 Å². The lowest BCUT2D eigenvalue weighted by Crippen LogP contribution is -2.20. The summed E-state index contributed by atoms with van der Waals surface area (Å²) in [5.74, 6) is -1.89. The molecule has 3 rings (SSSR count). The minimum atomic E-state index is -4.03. The van der Waals surface area contributed by atoms with E-state index in [1.165, 1.54) is 42.7 Å². The van der Waals surface area contributed by atoms with Crippen molar-refractivity contribution in [2.45, 2.75) is 16.6 Å². The van der Waals surface area contributed by atoms with E-state index in [0.29, 0.717) is 16.9 Å². The number of nitrogens with one attached hydrogen (secondary N) is 3. The number of hydrogen-bond acceptors (Lipinski definition) is 6. The number of nitrogens with two attached hydrogens (primary N) is 1. The zero-order valence-corrected chi connectivity index (χ0v) is 18.0. The molecule has 0 aliphatic carbocycles. The fourth-order valence-electron chi connectivity index (χ4n) is 3.09. The van der Waals surface area contributed by atoms with Gasteiger partial charge in [-0.2, -0.15) is 0 Å². The van der Waals surface area contributed by atoms with Crippen LogP contribution in [0.15, 0.2) is 78.0 Å². The maximum absolute atomic E-state index is 13.1. The molecule has 1 unspecified atom stereocenters. The summed E-state index contributed by atoms with van der Waals surface area (Å²) in [5, 5.41) is 20.4. The third kappa shape index (κ3) is 5.92. The van der Waals surface area contributed by atoms with Crippen LogP contribution in [0.25, 0.3) is 0 Å². The smallest absolute Gasteiger partial charge is 0.305 e. The third-order valence-electron chi connectivity index (χ3n) is 4.66. The average Bonchev–Trinajstić information content (AvgIpc) is 2.78. The number of amides is 1. The van der Waals surface area contributed by atoms with E-state index >= 15 is 0 Å². The van der Waals surface area contributed by atoms with E-state index in [0.717, 1.165) is 0 Å². The first-order valence-electron chi connectivity index (χ1n) is 9.65. The highest BCUT2D eigenvalue weighted by molar-refractivity contribution is 7.91. The van der Waals surface area contributed by atoms with Crippen LogP contribution in [0.3, 0.4) is 0 Å². The van der Waals surface area contributed by atoms with E-state index in [2.05, 4.69) is 15.6 Å². The van der Waals surface area contributed by atoms with Crippen molar-refractivity contribution in [1.82, 2.24) is 4.98 Å². The monoisotopic (exact) mass is 467 g/mol. The van der Waals surface area contributed by atoms with Crippen LogP contribution in [0.1, 0.15) is 27.6 Å². The van der Waals surface area contributed by atoms with Crippen LogP contribution in [0.2, 0.25) is 0 Å². The van der Waals surface area contributed by atoms with Crippen LogP contribution in [-0.2, 0) is 14.6 Å². The molecule has 1 atom stereocenters. The van der Waals surface area contributed by atoms with Gasteiger partial charge in [0.2, 0.25) is 0 Å². The Balaban J connectivity index is 1.77. The van der Waals surface area contributed by atoms with Crippen molar-refractivity contribution in [3.8, 4) is 0 Å². The highest BCUT2D eigenvalue weighted by atomic mass is 32.2. The summed E-state index contributed by atoms with van der Waals surface area (Å²) in [7, 11) is -4.03. The van der Waals surface area contributed by atoms with Gasteiger partial charge < -0.3 is 21.5 Å². The quantitative estimate of drug-likeness (QED) is 0.248. The molecule has 3 aromatic rings. The maximum atomic E-state index is 13.1. The first kappa shape index (κ1) is 23.4. The van der Waals surface area contributed by atoms with Crippen LogP contribution in [0.5, 0.6) is 0 Å². The number of nitrogens with zero attached hydrogens (tertiary/aromatic N) is 1. The summed E-state index contributed by atoms with van der Waals surface area (Å²) in [6, 6.07) is 14.8. The minimum Gasteiger partial charge on any atom is -0.481 e. The molecule has 10 nitrogen and oxygen atoms in total. The third-order valence-corrected chi connectivity index (χ3v) is 6.77. The number of aromatic nitrogens is 1. The summed E-state index contributed by atoms with van der Waals surface area (Å²) in [5.41, 5.74) is 6.80. The molecule has 0 aliphatic rings. The zero-order chi connectivity index (χ0) is 24.0. The summed E-state index contributed by atoms with van der Waals surface area (Å²) in [4.78, 5) is 27.6. The first-order chi connectivity index (χ1) is 15.7. The van der Waals surface area contributed by atoms with E-state index in [9.17, 15) is 23.1 Å². The molecule has 0 bridgehead atoms. The highest BCUT2D eigenvalue weighted by Gasteiger charge is 2.31. The Morgan fingerprint density at radius 1 is 1.00 bits per heavy atom. The normalized spacial score (nSPS) is 11.9. The van der Waals surface area contributed by atoms with Gasteiger partial charge in [0.1, 0.15) is 5.25 Å². The minimum absolute atomic E-state index is 0.0738. The lowest BCUT2D eigenvalue weighted by atomic mass is 10.1. The lowest BCUT2D eigenvalue weighted by molar-refractivity contribution is -0.137. The van der Waals surface area contributed by atoms with E-state index in [1.807, 2.05) is 0 Å². The van der Waals surface area contributed by atoms with Gasteiger partial charge in [-0.25, -0.2) is 8.42 Å². The molecular formula is C22H21N5O5S. The van der Waals surface area contributed by atoms with Crippen molar-refractivity contribution in [3.05, 3.63) is 84.2 Å². The fourth-order valence-corrected chi connectivity index (χ4v) is 4.79. The van der Waals surface area contributed by atoms with Crippen LogP contribution < -0.4 is 16.4 Å². The number of aliphatic carboxylic acids is 1. The van der Waals surface area contributed by atoms with E-state index in [-0.39, 0.29) is 16.4 Å². The Hall–Kier alpha value is -4.25. The Labute approximate surface area is 189 Å². The molecule has 11 heteroatoms. The fraction of sp³-hybridized carbons (Fsp3) is 0.0909. The van der Waals surface area contributed by atoms with Crippen molar-refractivity contribution >= 4 is 39.0 Å². The Kier molecular flexibility index (Phi) is 7.04. The Morgan fingerprint density at radius 3 is 2.15 bits per heavy atom. The number of guanidine groups is 1. The number of pyridine rings is 1. The van der Waals surface area contributed by atoms with Gasteiger partial charge in [0.15, 0.2) is 15.8 Å². The second-order valence-corrected chi connectivity index (χ2v) is 9.14. The molecule has 6 N–H and O–H groups in total. The molecule has 0 fully saturated rings. The molecule has 2 aromatic carbocycles. The Morgan fingerprint density at radius 2 is 1.61 bits per heavy atom. The second kappa shape index (κ2) is 9.92. The van der Waals surface area contributed by atoms with Crippen LogP contribution in [-0.4, -0.2) is 36.3 Å². The van der Waals surface area contributed by atoms with Crippen LogP contribution in [0, 0.1) is 5.41 Å². The summed E-state index contributed by atoms with van der Waals surface area (Å²) < 4.78 is 26.2. The van der Waals surface area contributed by atoms with Crippen LogP contribution >= 0.6 is 0 Å². The number of benzene rings is 2. The standard InChI is InChI=1S/C22H21N5O5S/c23-22(24)27-17-5-3-14(4-6-17)21(30)26-16-7-9-18(10-8-16)33(31,32)19(12-20(28)29)15-2-1-11-25-13-15/h1-11,13,19H,12H2,(H,26,30)(H,28,29)(H4,23,24,27). The molecule has 0 spiro atoms. The molecule has 0 radical (unpaired) electrons. The molecular weight excluding hydrogens is 446 g/mol. The molecule has 1 aromatic heterocycles. The van der Waals surface area contributed by atoms with Crippen LogP contribution in [0.4, 0.5) is 11.4 Å². The van der Waals surface area contributed by atoms with Gasteiger partial charge >= 0.3 is 5.97 Å². The molecule has 1 heterocycles. The van der Waals surface area contributed by atoms with Crippen molar-refractivity contribution in [3.63, 3.8) is 0 Å². The highest BCUT2D eigenvalue weighted by Crippen LogP contribution is 2.32. The second-order valence-electron chi connectivity index (χ2n) is 7.01. The largest absolute Gasteiger partial charge is 0.481 e. The van der Waals surface area contributed by atoms with Gasteiger partial charge in [0.05, 0.1) is 11.3 Å². The number of sulfone groups is 1. The molecule has 0 saturated carbocycles. The number of carbonyl (C=O) groups is 2. The van der Waals surface area contributed by atoms with E-state index in [4.69, 9.17) is 11.1 Å². The number of anilines is 2. The van der Waals surface area contributed by atoms with Crippen molar-refractivity contribution < 1.29 is 23.1 Å². The number of carbonyl (C=O) groups excluding carboxylic acids is 1. The van der Waals surface area contributed by atoms with Gasteiger partial charge in [-0.1, -0.05) is 6.07 Å². The summed E-state index contributed by atoms with van der Waals surface area (Å²) in [6.45, 7) is 0. The molecule has 33 heavy (non-hydrogen) atoms. The summed E-state index contributed by atoms with van der Waals surface area (Å²) >= 11 is 0. The molecule has 170 valence electrons. The van der Waals surface area contributed by atoms with Crippen molar-refractivity contribution in [1.29, 1.82) is 5.41 Å². The topological polar surface area (TPSA) is 175 Å². The number of carboxylic acid groups (broad SMARTS) is 1. The van der Waals surface area contributed by atoms with Crippen molar-refractivity contribution in [2.75, 3.05) is 10.6 Å². The summed E-state index contributed by atoms with van der Waals surface area (Å²) in [6.07, 6.45) is 2.19. The average molecular weight is 468 g/mol. The zero-order valence-electron chi connectivity index (χ0n) is 17.2. The number of rotatable bonds is 8. The molecule has 1 amide bonds. The van der Waals surface area contributed by atoms with E-state index in [1.54, 1.807) is 30.3 Å². The van der Waals surface area contributed by atoms with Gasteiger partial charge in [-0.15, -0.1) is 0 Å². The number of carboxylic acids is 1. The maximum Gasteiger partial charge on any atom is 0.305 e. The van der Waals surface area contributed by atoms with Gasteiger partial charge in [0.25, 0.3) is 5.91 Å². The first-order valence-corrected chi connectivity index (χ1v) is 11.2. The molecule has 0 aliphatic heterocycles.